The number of aliphatic imine (C=N–C) groups is 1. The van der Waals surface area contributed by atoms with Gasteiger partial charge in [-0.25, -0.2) is 0 Å². The molecular weight excluding hydrogens is 436 g/mol. The lowest BCUT2D eigenvalue weighted by molar-refractivity contribution is 0.794. The van der Waals surface area contributed by atoms with Crippen LogP contribution in [0.3, 0.4) is 0 Å². The van der Waals surface area contributed by atoms with Crippen LogP contribution in [-0.4, -0.2) is 24.5 Å². The molecule has 0 amide bonds. The molecule has 2 heterocycles. The highest BCUT2D eigenvalue weighted by molar-refractivity contribution is 8.28. The zero-order valence-electron chi connectivity index (χ0n) is 20.7. The molecule has 0 aliphatic carbocycles. The van der Waals surface area contributed by atoms with E-state index in [0.717, 1.165) is 52.9 Å². The Bertz CT molecular complexity index is 1260. The Labute approximate surface area is 205 Å². The van der Waals surface area contributed by atoms with E-state index in [9.17, 15) is 0 Å². The molecule has 0 radical (unpaired) electrons. The molecule has 0 saturated heterocycles. The first-order valence-electron chi connectivity index (χ1n) is 11.6. The molecule has 0 saturated carbocycles. The average molecular weight is 473 g/mol. The van der Waals surface area contributed by atoms with Gasteiger partial charge in [0.2, 0.25) is 0 Å². The normalized spacial score (nSPS) is 16.1. The predicted octanol–water partition coefficient (Wildman–Crippen LogP) is 6.99. The Hall–Kier alpha value is -3.44. The Kier molecular flexibility index (Phi) is 7.90. The molecule has 0 bridgehead atoms. The van der Waals surface area contributed by atoms with E-state index in [-0.39, 0.29) is 0 Å². The maximum atomic E-state index is 4.63. The molecule has 34 heavy (non-hydrogen) atoms. The van der Waals surface area contributed by atoms with Crippen molar-refractivity contribution < 1.29 is 0 Å². The highest BCUT2D eigenvalue weighted by atomic mass is 32.2. The van der Waals surface area contributed by atoms with Crippen LogP contribution >= 0.6 is 9.39 Å². The third kappa shape index (κ3) is 4.75. The van der Waals surface area contributed by atoms with E-state index < -0.39 is 9.39 Å². The van der Waals surface area contributed by atoms with Gasteiger partial charge in [0.15, 0.2) is 0 Å². The molecule has 2 aliphatic heterocycles. The molecule has 0 fully saturated rings. The van der Waals surface area contributed by atoms with Crippen molar-refractivity contribution in [1.29, 1.82) is 0 Å². The van der Waals surface area contributed by atoms with Crippen LogP contribution in [-0.2, 0) is 6.42 Å². The summed E-state index contributed by atoms with van der Waals surface area (Å²) in [5.41, 5.74) is 6.01. The summed E-state index contributed by atoms with van der Waals surface area (Å²) in [6.45, 7) is 19.2. The first-order chi connectivity index (χ1) is 16.3. The minimum Gasteiger partial charge on any atom is -0.344 e. The highest BCUT2D eigenvalue weighted by Crippen LogP contribution is 2.45. The average Bonchev–Trinajstić information content (AvgIpc) is 2.85. The van der Waals surface area contributed by atoms with Crippen molar-refractivity contribution in [3.05, 3.63) is 103 Å². The number of nitrogens with zero attached hydrogens (tertiary/aromatic N) is 3. The fourth-order valence-corrected chi connectivity index (χ4v) is 6.24. The summed E-state index contributed by atoms with van der Waals surface area (Å²) in [4.78, 5) is 7.61. The molecule has 1 N–H and O–H groups in total. The summed E-state index contributed by atoms with van der Waals surface area (Å²) in [5, 5.41) is 3.32. The topological polar surface area (TPSA) is 30.9 Å². The number of hydrogen-bond donors (Lipinski definition) is 1. The molecule has 5 heteroatoms. The lowest BCUT2D eigenvalue weighted by Crippen LogP contribution is -2.35. The lowest BCUT2D eigenvalue weighted by Gasteiger charge is -2.38. The van der Waals surface area contributed by atoms with Gasteiger partial charge in [0, 0.05) is 34.7 Å². The summed E-state index contributed by atoms with van der Waals surface area (Å²) in [6, 6.07) is 17.0. The monoisotopic (exact) mass is 472 g/mol. The fourth-order valence-electron chi connectivity index (χ4n) is 4.28. The quantitative estimate of drug-likeness (QED) is 0.376. The van der Waals surface area contributed by atoms with E-state index in [1.807, 2.05) is 25.7 Å². The Morgan fingerprint density at radius 3 is 2.53 bits per heavy atom. The van der Waals surface area contributed by atoms with Crippen LogP contribution in [0.4, 0.5) is 11.4 Å². The molecule has 2 aliphatic rings. The van der Waals surface area contributed by atoms with E-state index >= 15 is 0 Å². The Balaban J connectivity index is 0.00000158. The van der Waals surface area contributed by atoms with Crippen molar-refractivity contribution in [2.45, 2.75) is 38.5 Å². The van der Waals surface area contributed by atoms with Gasteiger partial charge in [0.1, 0.15) is 11.5 Å². The molecule has 0 aromatic heterocycles. The second kappa shape index (κ2) is 10.7. The standard InChI is InChI=1S/C27H30N4S.C2H6/c1-7-17-28-27-20(2)29-22(4)31(21(27)3)24-14-10-15-25(19-24)32(5,6)30-18-11-13-23-12-8-9-16-26(23)30;1-2/h7-10,12,14-17,19,29H,1,3-6,11,13,18H2,2H3;1-2H3. The number of anilines is 2. The summed E-state index contributed by atoms with van der Waals surface area (Å²) in [5.74, 6) is 10.00. The Morgan fingerprint density at radius 1 is 1.06 bits per heavy atom. The van der Waals surface area contributed by atoms with Gasteiger partial charge in [0.25, 0.3) is 0 Å². The minimum absolute atomic E-state index is 0.735. The second-order valence-electron chi connectivity index (χ2n) is 8.02. The number of fused-ring (bicyclic) bond motifs is 1. The molecule has 0 spiro atoms. The van der Waals surface area contributed by atoms with Crippen molar-refractivity contribution in [2.75, 3.05) is 15.7 Å². The molecule has 4 nitrogen and oxygen atoms in total. The van der Waals surface area contributed by atoms with Crippen LogP contribution in [0, 0.1) is 0 Å². The minimum atomic E-state index is -1.74. The molecule has 0 unspecified atom stereocenters. The molecular formula is C29H36N4S. The SMILES string of the molecule is C=CC=NC1=C(C)NC(=C)N(c2cccc(S(=C)(=C)N3CCCc4ccccc43)c2)C1=C.CC. The van der Waals surface area contributed by atoms with Crippen molar-refractivity contribution >= 4 is 38.7 Å². The zero-order chi connectivity index (χ0) is 24.9. The van der Waals surface area contributed by atoms with E-state index in [1.54, 1.807) is 12.3 Å². The number of rotatable bonds is 5. The number of hydrogen-bond acceptors (Lipinski definition) is 4. The molecule has 2 aromatic carbocycles. The first-order valence-corrected chi connectivity index (χ1v) is 13.5. The van der Waals surface area contributed by atoms with Crippen LogP contribution < -0.4 is 14.5 Å². The van der Waals surface area contributed by atoms with Gasteiger partial charge in [0.05, 0.1) is 5.70 Å². The van der Waals surface area contributed by atoms with Gasteiger partial charge in [-0.1, -0.05) is 75.7 Å². The van der Waals surface area contributed by atoms with Gasteiger partial charge in [-0.3, -0.25) is 9.89 Å². The number of allylic oxidation sites excluding steroid dienone is 2. The lowest BCUT2D eigenvalue weighted by atomic mass is 10.0. The largest absolute Gasteiger partial charge is 0.344 e. The van der Waals surface area contributed by atoms with Crippen LogP contribution in [0.15, 0.2) is 107 Å². The summed E-state index contributed by atoms with van der Waals surface area (Å²) >= 11 is 0. The maximum Gasteiger partial charge on any atom is 0.107 e. The van der Waals surface area contributed by atoms with Crippen molar-refractivity contribution in [3.63, 3.8) is 0 Å². The van der Waals surface area contributed by atoms with Gasteiger partial charge >= 0.3 is 0 Å². The van der Waals surface area contributed by atoms with Crippen LogP contribution in [0.2, 0.25) is 0 Å². The van der Waals surface area contributed by atoms with E-state index in [4.69, 9.17) is 0 Å². The van der Waals surface area contributed by atoms with Crippen LogP contribution in [0.25, 0.3) is 0 Å². The molecule has 2 aromatic rings. The van der Waals surface area contributed by atoms with Gasteiger partial charge < -0.3 is 9.62 Å². The molecule has 4 rings (SSSR count). The first kappa shape index (κ1) is 25.2. The summed E-state index contributed by atoms with van der Waals surface area (Å²) < 4.78 is 2.40. The van der Waals surface area contributed by atoms with Crippen molar-refractivity contribution in [2.24, 2.45) is 4.99 Å². The second-order valence-corrected chi connectivity index (χ2v) is 10.6. The van der Waals surface area contributed by atoms with Gasteiger partial charge in [-0.05, 0) is 49.6 Å². The van der Waals surface area contributed by atoms with E-state index in [2.05, 4.69) is 94.6 Å². The van der Waals surface area contributed by atoms with Crippen LogP contribution in [0.1, 0.15) is 32.8 Å². The Morgan fingerprint density at radius 2 is 1.79 bits per heavy atom. The van der Waals surface area contributed by atoms with Crippen molar-refractivity contribution in [1.82, 2.24) is 5.32 Å². The zero-order valence-corrected chi connectivity index (χ0v) is 21.5. The van der Waals surface area contributed by atoms with Crippen molar-refractivity contribution in [3.8, 4) is 0 Å². The summed E-state index contributed by atoms with van der Waals surface area (Å²) in [6.07, 6.45) is 5.53. The predicted molar refractivity (Wildman–Crippen MR) is 155 cm³/mol. The fraction of sp³-hybridized carbons (Fsp3) is 0.207. The molecule has 0 atom stereocenters. The van der Waals surface area contributed by atoms with E-state index in [0.29, 0.717) is 0 Å². The number of aryl methyl sites for hydroxylation is 1. The highest BCUT2D eigenvalue weighted by Gasteiger charge is 2.26. The van der Waals surface area contributed by atoms with E-state index in [1.165, 1.54) is 11.3 Å². The van der Waals surface area contributed by atoms with Crippen LogP contribution in [0.5, 0.6) is 0 Å². The smallest absolute Gasteiger partial charge is 0.107 e. The maximum absolute atomic E-state index is 4.63. The number of para-hydroxylation sites is 1. The third-order valence-corrected chi connectivity index (χ3v) is 8.17. The van der Waals surface area contributed by atoms with Gasteiger partial charge in [-0.2, -0.15) is 0 Å². The number of nitrogens with one attached hydrogen (secondary N) is 1. The molecule has 178 valence electrons. The third-order valence-electron chi connectivity index (χ3n) is 5.81. The summed E-state index contributed by atoms with van der Waals surface area (Å²) in [7, 11) is -1.74. The van der Waals surface area contributed by atoms with Gasteiger partial charge in [-0.15, -0.1) is 9.39 Å². The number of benzene rings is 2.